The van der Waals surface area contributed by atoms with Gasteiger partial charge in [-0.3, -0.25) is 0 Å². The normalized spacial score (nSPS) is 12.3. The Labute approximate surface area is 112 Å². The minimum absolute atomic E-state index is 0.242. The molecule has 0 saturated heterocycles. The highest BCUT2D eigenvalue weighted by Crippen LogP contribution is 2.22. The Balaban J connectivity index is 2.38. The molecule has 0 aliphatic rings. The summed E-state index contributed by atoms with van der Waals surface area (Å²) in [6.07, 6.45) is 1.43. The molecule has 100 valence electrons. The average molecular weight is 258 g/mol. The zero-order valence-electron chi connectivity index (χ0n) is 11.2. The van der Waals surface area contributed by atoms with E-state index < -0.39 is 0 Å². The summed E-state index contributed by atoms with van der Waals surface area (Å²) in [4.78, 5) is 12.8. The number of nitrogen functional groups attached to an aromatic ring is 1. The van der Waals surface area contributed by atoms with E-state index in [2.05, 4.69) is 21.9 Å². The van der Waals surface area contributed by atoms with Gasteiger partial charge in [0.15, 0.2) is 5.82 Å². The van der Waals surface area contributed by atoms with Crippen LogP contribution in [-0.4, -0.2) is 22.1 Å². The van der Waals surface area contributed by atoms with Crippen LogP contribution in [0.5, 0.6) is 0 Å². The molecular weight excluding hydrogens is 240 g/mol. The van der Waals surface area contributed by atoms with Gasteiger partial charge < -0.3 is 10.5 Å². The van der Waals surface area contributed by atoms with Crippen LogP contribution in [-0.2, 0) is 11.2 Å². The molecule has 1 unspecified atom stereocenters. The number of anilines is 1. The molecule has 5 heteroatoms. The highest BCUT2D eigenvalue weighted by molar-refractivity contribution is 5.25. The summed E-state index contributed by atoms with van der Waals surface area (Å²) in [5, 5.41) is 0. The van der Waals surface area contributed by atoms with E-state index in [0.29, 0.717) is 11.6 Å². The van der Waals surface area contributed by atoms with E-state index in [1.165, 1.54) is 0 Å². The van der Waals surface area contributed by atoms with Gasteiger partial charge in [0.05, 0.1) is 0 Å². The minimum Gasteiger partial charge on any atom is -0.369 e. The molecule has 1 aromatic heterocycles. The summed E-state index contributed by atoms with van der Waals surface area (Å²) in [6.45, 7) is 2.07. The van der Waals surface area contributed by atoms with Crippen LogP contribution in [0.4, 0.5) is 5.95 Å². The summed E-state index contributed by atoms with van der Waals surface area (Å²) >= 11 is 0. The lowest BCUT2D eigenvalue weighted by Gasteiger charge is -2.15. The van der Waals surface area contributed by atoms with E-state index in [4.69, 9.17) is 10.5 Å². The van der Waals surface area contributed by atoms with E-state index in [1.807, 2.05) is 30.3 Å². The van der Waals surface area contributed by atoms with E-state index in [1.54, 1.807) is 7.11 Å². The van der Waals surface area contributed by atoms with Crippen molar-refractivity contribution >= 4 is 5.95 Å². The van der Waals surface area contributed by atoms with Crippen LogP contribution in [0.3, 0.4) is 0 Å². The number of benzene rings is 1. The third kappa shape index (κ3) is 3.26. The van der Waals surface area contributed by atoms with Crippen molar-refractivity contribution in [1.29, 1.82) is 0 Å². The van der Waals surface area contributed by atoms with Crippen molar-refractivity contribution in [1.82, 2.24) is 15.0 Å². The summed E-state index contributed by atoms with van der Waals surface area (Å²) in [5.41, 5.74) is 6.74. The zero-order valence-corrected chi connectivity index (χ0v) is 11.2. The van der Waals surface area contributed by atoms with Crippen molar-refractivity contribution in [3.05, 3.63) is 47.5 Å². The quantitative estimate of drug-likeness (QED) is 0.889. The Morgan fingerprint density at radius 3 is 2.53 bits per heavy atom. The van der Waals surface area contributed by atoms with Gasteiger partial charge >= 0.3 is 0 Å². The molecule has 1 heterocycles. The van der Waals surface area contributed by atoms with E-state index in [9.17, 15) is 0 Å². The Bertz CT molecular complexity index is 530. The Kier molecular flexibility index (Phi) is 4.41. The second kappa shape index (κ2) is 6.24. The van der Waals surface area contributed by atoms with Crippen LogP contribution >= 0.6 is 0 Å². The first kappa shape index (κ1) is 13.4. The molecule has 0 fully saturated rings. The first-order valence-electron chi connectivity index (χ1n) is 6.32. The lowest BCUT2D eigenvalue weighted by molar-refractivity contribution is 0.128. The van der Waals surface area contributed by atoms with Gasteiger partial charge in [0, 0.05) is 13.5 Å². The number of hydrogen-bond donors (Lipinski definition) is 1. The molecule has 1 atom stereocenters. The number of nitrogens with two attached hydrogens (primary N) is 1. The fourth-order valence-corrected chi connectivity index (χ4v) is 1.93. The van der Waals surface area contributed by atoms with E-state index in [-0.39, 0.29) is 12.1 Å². The average Bonchev–Trinajstić information content (AvgIpc) is 2.40. The van der Waals surface area contributed by atoms with Gasteiger partial charge in [-0.15, -0.1) is 0 Å². The lowest BCUT2D eigenvalue weighted by Crippen LogP contribution is -2.13. The second-order valence-corrected chi connectivity index (χ2v) is 4.24. The molecular formula is C14H18N4O. The molecule has 0 amide bonds. The van der Waals surface area contributed by atoms with Crippen LogP contribution < -0.4 is 5.73 Å². The Hall–Kier alpha value is -2.01. The molecule has 0 radical (unpaired) electrons. The lowest BCUT2D eigenvalue weighted by atomic mass is 10.1. The van der Waals surface area contributed by atoms with E-state index >= 15 is 0 Å². The number of nitrogens with zero attached hydrogens (tertiary/aromatic N) is 3. The fraction of sp³-hybridized carbons (Fsp3) is 0.357. The van der Waals surface area contributed by atoms with Gasteiger partial charge in [-0.05, 0) is 12.0 Å². The molecule has 2 rings (SSSR count). The van der Waals surface area contributed by atoms with Crippen molar-refractivity contribution in [2.45, 2.75) is 25.9 Å². The molecule has 2 N–H and O–H groups in total. The number of aryl methyl sites for hydroxylation is 1. The van der Waals surface area contributed by atoms with Crippen molar-refractivity contribution < 1.29 is 4.74 Å². The van der Waals surface area contributed by atoms with Gasteiger partial charge in [-0.1, -0.05) is 37.3 Å². The highest BCUT2D eigenvalue weighted by Gasteiger charge is 2.18. The summed E-state index contributed by atoms with van der Waals surface area (Å²) in [6, 6.07) is 9.83. The molecule has 0 saturated carbocycles. The summed E-state index contributed by atoms with van der Waals surface area (Å²) in [7, 11) is 1.64. The Morgan fingerprint density at radius 2 is 1.89 bits per heavy atom. The SMILES string of the molecule is CCCc1nc(N)nc(C(OC)c2ccccc2)n1. The maximum absolute atomic E-state index is 5.74. The number of hydrogen-bond acceptors (Lipinski definition) is 5. The van der Waals surface area contributed by atoms with Gasteiger partial charge in [-0.2, -0.15) is 9.97 Å². The van der Waals surface area contributed by atoms with Crippen LogP contribution in [0.25, 0.3) is 0 Å². The van der Waals surface area contributed by atoms with Crippen LogP contribution in [0.1, 0.15) is 36.7 Å². The number of ether oxygens (including phenoxy) is 1. The van der Waals surface area contributed by atoms with Crippen molar-refractivity contribution in [2.75, 3.05) is 12.8 Å². The molecule has 19 heavy (non-hydrogen) atoms. The molecule has 0 aliphatic heterocycles. The van der Waals surface area contributed by atoms with Crippen molar-refractivity contribution in [2.24, 2.45) is 0 Å². The second-order valence-electron chi connectivity index (χ2n) is 4.24. The summed E-state index contributed by atoms with van der Waals surface area (Å²) < 4.78 is 5.50. The molecule has 0 bridgehead atoms. The fourth-order valence-electron chi connectivity index (χ4n) is 1.93. The third-order valence-corrected chi connectivity index (χ3v) is 2.76. The van der Waals surface area contributed by atoms with Crippen LogP contribution in [0.2, 0.25) is 0 Å². The molecule has 1 aromatic carbocycles. The standard InChI is InChI=1S/C14H18N4O/c1-3-7-11-16-13(18-14(15)17-11)12(19-2)10-8-5-4-6-9-10/h4-6,8-9,12H,3,7H2,1-2H3,(H2,15,16,17,18). The predicted molar refractivity (Wildman–Crippen MR) is 73.5 cm³/mol. The number of rotatable bonds is 5. The summed E-state index contributed by atoms with van der Waals surface area (Å²) in [5.74, 6) is 1.51. The number of methoxy groups -OCH3 is 1. The van der Waals surface area contributed by atoms with Gasteiger partial charge in [0.1, 0.15) is 11.9 Å². The van der Waals surface area contributed by atoms with Crippen LogP contribution in [0.15, 0.2) is 30.3 Å². The van der Waals surface area contributed by atoms with Crippen molar-refractivity contribution in [3.63, 3.8) is 0 Å². The molecule has 0 spiro atoms. The number of aromatic nitrogens is 3. The molecule has 5 nitrogen and oxygen atoms in total. The first-order valence-corrected chi connectivity index (χ1v) is 6.32. The largest absolute Gasteiger partial charge is 0.369 e. The van der Waals surface area contributed by atoms with Gasteiger partial charge in [0.2, 0.25) is 5.95 Å². The van der Waals surface area contributed by atoms with Gasteiger partial charge in [0.25, 0.3) is 0 Å². The topological polar surface area (TPSA) is 73.9 Å². The molecule has 2 aromatic rings. The smallest absolute Gasteiger partial charge is 0.223 e. The maximum atomic E-state index is 5.74. The predicted octanol–water partition coefficient (Wildman–Crippen LogP) is 2.14. The van der Waals surface area contributed by atoms with Crippen LogP contribution in [0, 0.1) is 0 Å². The minimum atomic E-state index is -0.317. The monoisotopic (exact) mass is 258 g/mol. The Morgan fingerprint density at radius 1 is 1.16 bits per heavy atom. The van der Waals surface area contributed by atoms with Gasteiger partial charge in [-0.25, -0.2) is 4.98 Å². The van der Waals surface area contributed by atoms with Crippen molar-refractivity contribution in [3.8, 4) is 0 Å². The first-order chi connectivity index (χ1) is 9.24. The molecule has 0 aliphatic carbocycles. The highest BCUT2D eigenvalue weighted by atomic mass is 16.5. The van der Waals surface area contributed by atoms with E-state index in [0.717, 1.165) is 18.4 Å². The zero-order chi connectivity index (χ0) is 13.7. The maximum Gasteiger partial charge on any atom is 0.223 e. The third-order valence-electron chi connectivity index (χ3n) is 2.76.